The summed E-state index contributed by atoms with van der Waals surface area (Å²) in [6, 6.07) is 4.95. The lowest BCUT2D eigenvalue weighted by Gasteiger charge is -2.37. The van der Waals surface area contributed by atoms with Crippen molar-refractivity contribution < 1.29 is 5.11 Å². The Bertz CT molecular complexity index is 1100. The second kappa shape index (κ2) is 8.66. The van der Waals surface area contributed by atoms with Crippen molar-refractivity contribution in [2.75, 3.05) is 18.1 Å². The molecule has 164 valence electrons. The number of fused-ring (bicyclic) bond motifs is 1. The molecule has 0 saturated carbocycles. The molecule has 31 heavy (non-hydrogen) atoms. The predicted molar refractivity (Wildman–Crippen MR) is 132 cm³/mol. The van der Waals surface area contributed by atoms with Gasteiger partial charge in [0.25, 0.3) is 0 Å². The maximum Gasteiger partial charge on any atom is 0.154 e. The van der Waals surface area contributed by atoms with E-state index in [2.05, 4.69) is 56.1 Å². The molecule has 0 spiro atoms. The zero-order valence-corrected chi connectivity index (χ0v) is 19.9. The van der Waals surface area contributed by atoms with Crippen LogP contribution in [-0.2, 0) is 0 Å². The van der Waals surface area contributed by atoms with Crippen LogP contribution < -0.4 is 10.4 Å². The second-order valence-corrected chi connectivity index (χ2v) is 9.13. The largest absolute Gasteiger partial charge is 0.396 e. The van der Waals surface area contributed by atoms with Crippen molar-refractivity contribution in [2.45, 2.75) is 73.2 Å². The molecule has 1 fully saturated rings. The monoisotopic (exact) mass is 418 g/mol. The van der Waals surface area contributed by atoms with E-state index >= 15 is 0 Å². The number of nitrogens with zero attached hydrogens (tertiary/aromatic N) is 4. The highest BCUT2D eigenvalue weighted by Crippen LogP contribution is 2.37. The summed E-state index contributed by atoms with van der Waals surface area (Å²) in [6.07, 6.45) is 4.29. The van der Waals surface area contributed by atoms with Crippen molar-refractivity contribution in [1.29, 1.82) is 0 Å². The zero-order valence-electron chi connectivity index (χ0n) is 19.9. The number of hydrogen-bond acceptors (Lipinski definition) is 4. The van der Waals surface area contributed by atoms with Crippen molar-refractivity contribution in [2.24, 2.45) is 0 Å². The van der Waals surface area contributed by atoms with Crippen LogP contribution in [0.5, 0.6) is 0 Å². The van der Waals surface area contributed by atoms with Crippen molar-refractivity contribution in [3.8, 4) is 5.69 Å². The summed E-state index contributed by atoms with van der Waals surface area (Å²) in [5.74, 6) is 1.84. The maximum absolute atomic E-state index is 9.64. The van der Waals surface area contributed by atoms with Crippen LogP contribution in [0, 0.1) is 34.6 Å². The van der Waals surface area contributed by atoms with Crippen molar-refractivity contribution in [3.63, 3.8) is 0 Å². The van der Waals surface area contributed by atoms with Gasteiger partial charge in [-0.25, -0.2) is 9.97 Å². The van der Waals surface area contributed by atoms with Crippen molar-refractivity contribution in [3.05, 3.63) is 40.3 Å². The first-order valence-corrected chi connectivity index (χ1v) is 11.7. The predicted octanol–water partition coefficient (Wildman–Crippen LogP) is 3.81. The van der Waals surface area contributed by atoms with E-state index in [1.807, 2.05) is 6.92 Å². The van der Waals surface area contributed by atoms with Gasteiger partial charge >= 0.3 is 0 Å². The van der Waals surface area contributed by atoms with Crippen LogP contribution in [-0.4, -0.2) is 46.1 Å². The summed E-state index contributed by atoms with van der Waals surface area (Å²) in [6.45, 7) is 14.2. The van der Waals surface area contributed by atoms with Crippen LogP contribution in [0.4, 0.5) is 5.82 Å². The van der Waals surface area contributed by atoms with Crippen molar-refractivity contribution in [1.82, 2.24) is 14.5 Å². The van der Waals surface area contributed by atoms with Crippen LogP contribution in [0.25, 0.3) is 16.7 Å². The molecule has 1 unspecified atom stereocenters. The first-order valence-electron chi connectivity index (χ1n) is 11.7. The molecule has 0 amide bonds. The molecule has 0 aliphatic carbocycles. The summed E-state index contributed by atoms with van der Waals surface area (Å²) in [7, 11) is 1.04. The Labute approximate surface area is 186 Å². The third kappa shape index (κ3) is 3.75. The SMILES string of the molecule is CBc1cc(C)c(-n2c(C)c(C)c3c(N4CCCCC4CCO)nc(C)nc32)c(C)c1. The van der Waals surface area contributed by atoms with Gasteiger partial charge in [-0.3, -0.25) is 4.57 Å². The van der Waals surface area contributed by atoms with Crippen molar-refractivity contribution >= 4 is 29.6 Å². The summed E-state index contributed by atoms with van der Waals surface area (Å²) in [5, 5.41) is 10.8. The summed E-state index contributed by atoms with van der Waals surface area (Å²) >= 11 is 0. The number of aliphatic hydroxyl groups is 1. The van der Waals surface area contributed by atoms with E-state index in [0.29, 0.717) is 6.04 Å². The minimum absolute atomic E-state index is 0.218. The Kier molecular flexibility index (Phi) is 6.11. The smallest absolute Gasteiger partial charge is 0.154 e. The molecule has 2 aromatic heterocycles. The number of aromatic nitrogens is 3. The van der Waals surface area contributed by atoms with Gasteiger partial charge in [0.05, 0.1) is 11.1 Å². The van der Waals surface area contributed by atoms with E-state index < -0.39 is 0 Å². The van der Waals surface area contributed by atoms with Gasteiger partial charge in [0.2, 0.25) is 0 Å². The highest BCUT2D eigenvalue weighted by atomic mass is 16.3. The maximum atomic E-state index is 9.64. The van der Waals surface area contributed by atoms with Gasteiger partial charge in [0, 0.05) is 24.9 Å². The molecule has 3 aromatic rings. The molecule has 1 atom stereocenters. The van der Waals surface area contributed by atoms with Gasteiger partial charge < -0.3 is 10.0 Å². The first kappa shape index (κ1) is 21.9. The third-order valence-corrected chi connectivity index (χ3v) is 6.99. The Morgan fingerprint density at radius 2 is 1.77 bits per heavy atom. The summed E-state index contributed by atoms with van der Waals surface area (Å²) in [5.41, 5.74) is 8.65. The van der Waals surface area contributed by atoms with Crippen LogP contribution in [0.1, 0.15) is 53.9 Å². The highest BCUT2D eigenvalue weighted by Gasteiger charge is 2.28. The standard InChI is InChI=1S/C25H35BN4O/c1-15-13-20(26-6)14-16(2)23(15)30-18(4)17(3)22-24(27-19(5)28-25(22)30)29-11-8-7-9-21(29)10-12-31/h13-14,21,26,31H,7-12H2,1-6H3. The highest BCUT2D eigenvalue weighted by molar-refractivity contribution is 6.52. The Hall–Kier alpha value is -2.34. The van der Waals surface area contributed by atoms with E-state index in [-0.39, 0.29) is 6.61 Å². The zero-order chi connectivity index (χ0) is 22.3. The van der Waals surface area contributed by atoms with Crippen LogP contribution >= 0.6 is 0 Å². The second-order valence-electron chi connectivity index (χ2n) is 9.13. The van der Waals surface area contributed by atoms with Gasteiger partial charge in [0.15, 0.2) is 12.9 Å². The van der Waals surface area contributed by atoms with Gasteiger partial charge in [-0.15, -0.1) is 0 Å². The molecule has 1 aliphatic rings. The van der Waals surface area contributed by atoms with E-state index in [1.165, 1.54) is 46.4 Å². The van der Waals surface area contributed by atoms with E-state index in [0.717, 1.165) is 49.3 Å². The lowest BCUT2D eigenvalue weighted by atomic mass is 9.72. The average Bonchev–Trinajstić information content (AvgIpc) is 2.98. The number of rotatable bonds is 5. The average molecular weight is 418 g/mol. The minimum atomic E-state index is 0.218. The molecule has 0 radical (unpaired) electrons. The number of aliphatic hydroxyl groups excluding tert-OH is 1. The van der Waals surface area contributed by atoms with Gasteiger partial charge in [-0.2, -0.15) is 0 Å². The number of piperidine rings is 1. The lowest BCUT2D eigenvalue weighted by Crippen LogP contribution is -2.41. The molecule has 6 heteroatoms. The number of benzene rings is 1. The fourth-order valence-corrected chi connectivity index (χ4v) is 5.36. The molecule has 1 aromatic carbocycles. The fraction of sp³-hybridized carbons (Fsp3) is 0.520. The van der Waals surface area contributed by atoms with Crippen LogP contribution in [0.15, 0.2) is 12.1 Å². The van der Waals surface area contributed by atoms with E-state index in [1.54, 1.807) is 0 Å². The van der Waals surface area contributed by atoms with Crippen LogP contribution in [0.2, 0.25) is 6.82 Å². The molecule has 1 saturated heterocycles. The summed E-state index contributed by atoms with van der Waals surface area (Å²) in [4.78, 5) is 12.4. The Morgan fingerprint density at radius 1 is 1.06 bits per heavy atom. The molecule has 0 bridgehead atoms. The first-order chi connectivity index (χ1) is 14.9. The molecular weight excluding hydrogens is 383 g/mol. The number of hydrogen-bond donors (Lipinski definition) is 1. The quantitative estimate of drug-likeness (QED) is 0.641. The van der Waals surface area contributed by atoms with Gasteiger partial charge in [-0.1, -0.05) is 24.4 Å². The van der Waals surface area contributed by atoms with Gasteiger partial charge in [0.1, 0.15) is 11.6 Å². The van der Waals surface area contributed by atoms with Gasteiger partial charge in [-0.05, 0) is 77.0 Å². The molecule has 5 nitrogen and oxygen atoms in total. The number of aryl methyl sites for hydroxylation is 4. The van der Waals surface area contributed by atoms with Crippen LogP contribution in [0.3, 0.4) is 0 Å². The topological polar surface area (TPSA) is 54.2 Å². The molecule has 4 rings (SSSR count). The molecule has 1 N–H and O–H groups in total. The third-order valence-electron chi connectivity index (χ3n) is 6.99. The van der Waals surface area contributed by atoms with E-state index in [9.17, 15) is 5.11 Å². The molecular formula is C25H35BN4O. The molecule has 1 aliphatic heterocycles. The fourth-order valence-electron chi connectivity index (χ4n) is 5.36. The number of anilines is 1. The summed E-state index contributed by atoms with van der Waals surface area (Å²) < 4.78 is 2.35. The van der Waals surface area contributed by atoms with E-state index in [4.69, 9.17) is 9.97 Å². The lowest BCUT2D eigenvalue weighted by molar-refractivity contribution is 0.262. The Balaban J connectivity index is 1.98. The Morgan fingerprint density at radius 3 is 2.42 bits per heavy atom. The normalized spacial score (nSPS) is 16.9. The minimum Gasteiger partial charge on any atom is -0.396 e. The molecule has 3 heterocycles.